The molecule has 0 bridgehead atoms. The van der Waals surface area contributed by atoms with Crippen LogP contribution in [0.1, 0.15) is 29.6 Å². The summed E-state index contributed by atoms with van der Waals surface area (Å²) in [5.74, 6) is -1.86. The minimum absolute atomic E-state index is 0.0383. The second kappa shape index (κ2) is 6.70. The number of carbonyl (C=O) groups is 4. The lowest BCUT2D eigenvalue weighted by atomic mass is 10.1. The van der Waals surface area contributed by atoms with Gasteiger partial charge < -0.3 is 10.4 Å². The third-order valence-corrected chi connectivity index (χ3v) is 3.06. The Balaban J connectivity index is 2.00. The predicted octanol–water partition coefficient (Wildman–Crippen LogP) is 0.0491. The molecule has 3 N–H and O–H groups in total. The maximum absolute atomic E-state index is 11.8. The van der Waals surface area contributed by atoms with Gasteiger partial charge in [-0.1, -0.05) is 0 Å². The number of nitrogens with zero attached hydrogens (tertiary/aromatic N) is 1. The summed E-state index contributed by atoms with van der Waals surface area (Å²) in [6.45, 7) is 0.0383. The Morgan fingerprint density at radius 3 is 2.50 bits per heavy atom. The van der Waals surface area contributed by atoms with E-state index >= 15 is 0 Å². The van der Waals surface area contributed by atoms with Crippen LogP contribution in [-0.2, 0) is 14.4 Å². The predicted molar refractivity (Wildman–Crippen MR) is 75.9 cm³/mol. The van der Waals surface area contributed by atoms with Gasteiger partial charge in [-0.3, -0.25) is 24.6 Å². The average Bonchev–Trinajstić information content (AvgIpc) is 2.49. The highest BCUT2D eigenvalue weighted by molar-refractivity contribution is 6.01. The van der Waals surface area contributed by atoms with Gasteiger partial charge in [0, 0.05) is 24.9 Å². The zero-order valence-corrected chi connectivity index (χ0v) is 11.7. The second-order valence-electron chi connectivity index (χ2n) is 4.71. The largest absolute Gasteiger partial charge is 0.481 e. The van der Waals surface area contributed by atoms with E-state index in [-0.39, 0.29) is 37.6 Å². The zero-order chi connectivity index (χ0) is 16.1. The first-order valence-corrected chi connectivity index (χ1v) is 6.70. The van der Waals surface area contributed by atoms with Crippen LogP contribution in [0.4, 0.5) is 5.69 Å². The molecule has 0 spiro atoms. The topological polar surface area (TPSA) is 116 Å². The van der Waals surface area contributed by atoms with E-state index in [4.69, 9.17) is 5.11 Å². The van der Waals surface area contributed by atoms with Crippen molar-refractivity contribution in [1.82, 2.24) is 10.7 Å². The van der Waals surface area contributed by atoms with Crippen molar-refractivity contribution in [3.63, 3.8) is 0 Å². The van der Waals surface area contributed by atoms with Crippen LogP contribution in [0, 0.1) is 0 Å². The lowest BCUT2D eigenvalue weighted by Crippen LogP contribution is -2.50. The van der Waals surface area contributed by atoms with Crippen molar-refractivity contribution in [3.8, 4) is 0 Å². The minimum atomic E-state index is -0.991. The number of hydrazine groups is 1. The molecule has 0 radical (unpaired) electrons. The first-order chi connectivity index (χ1) is 10.5. The van der Waals surface area contributed by atoms with Crippen LogP contribution in [0.25, 0.3) is 0 Å². The van der Waals surface area contributed by atoms with Gasteiger partial charge >= 0.3 is 5.97 Å². The standard InChI is InChI=1S/C14H15N3O5/c18-11-5-6-12(19)17(16-11)10-3-1-9(2-4-10)14(22)15-8-7-13(20)21/h1-4H,5-8H2,(H,15,22)(H,16,18)(H,20,21). The van der Waals surface area contributed by atoms with Crippen LogP contribution >= 0.6 is 0 Å². The first-order valence-electron chi connectivity index (χ1n) is 6.70. The van der Waals surface area contributed by atoms with E-state index in [1.54, 1.807) is 0 Å². The number of nitrogens with one attached hydrogen (secondary N) is 2. The molecule has 1 fully saturated rings. The molecule has 0 atom stereocenters. The van der Waals surface area contributed by atoms with Gasteiger partial charge in [-0.25, -0.2) is 5.01 Å². The lowest BCUT2D eigenvalue weighted by molar-refractivity contribution is -0.136. The van der Waals surface area contributed by atoms with Gasteiger partial charge in [0.25, 0.3) is 5.91 Å². The van der Waals surface area contributed by atoms with E-state index < -0.39 is 11.9 Å². The number of benzene rings is 1. The van der Waals surface area contributed by atoms with Gasteiger partial charge in [-0.2, -0.15) is 0 Å². The maximum atomic E-state index is 11.8. The minimum Gasteiger partial charge on any atom is -0.481 e. The van der Waals surface area contributed by atoms with Crippen molar-refractivity contribution >= 4 is 29.4 Å². The van der Waals surface area contributed by atoms with Gasteiger partial charge in [0.2, 0.25) is 11.8 Å². The summed E-state index contributed by atoms with van der Waals surface area (Å²) in [4.78, 5) is 45.2. The molecule has 0 saturated carbocycles. The van der Waals surface area contributed by atoms with Crippen LogP contribution < -0.4 is 15.8 Å². The molecular weight excluding hydrogens is 290 g/mol. The molecule has 22 heavy (non-hydrogen) atoms. The van der Waals surface area contributed by atoms with Crippen molar-refractivity contribution < 1.29 is 24.3 Å². The highest BCUT2D eigenvalue weighted by atomic mass is 16.4. The molecule has 1 aromatic carbocycles. The molecule has 3 amide bonds. The van der Waals surface area contributed by atoms with Gasteiger partial charge in [0.15, 0.2) is 0 Å². The number of hydrogen-bond acceptors (Lipinski definition) is 4. The first kappa shape index (κ1) is 15.5. The van der Waals surface area contributed by atoms with E-state index in [2.05, 4.69) is 10.7 Å². The third-order valence-electron chi connectivity index (χ3n) is 3.06. The van der Waals surface area contributed by atoms with E-state index in [0.717, 1.165) is 5.01 Å². The van der Waals surface area contributed by atoms with Crippen molar-refractivity contribution in [1.29, 1.82) is 0 Å². The molecule has 8 heteroatoms. The van der Waals surface area contributed by atoms with Crippen molar-refractivity contribution in [3.05, 3.63) is 29.8 Å². The molecule has 1 heterocycles. The molecule has 0 aromatic heterocycles. The Morgan fingerprint density at radius 1 is 1.18 bits per heavy atom. The summed E-state index contributed by atoms with van der Waals surface area (Å²) >= 11 is 0. The van der Waals surface area contributed by atoms with E-state index in [1.807, 2.05) is 0 Å². The fourth-order valence-electron chi connectivity index (χ4n) is 1.93. The summed E-state index contributed by atoms with van der Waals surface area (Å²) in [5, 5.41) is 12.1. The normalized spacial score (nSPS) is 14.5. The number of carboxylic acid groups (broad SMARTS) is 1. The van der Waals surface area contributed by atoms with Gasteiger partial charge in [-0.05, 0) is 24.3 Å². The summed E-state index contributed by atoms with van der Waals surface area (Å²) in [6, 6.07) is 6.07. The highest BCUT2D eigenvalue weighted by Crippen LogP contribution is 2.17. The zero-order valence-electron chi connectivity index (χ0n) is 11.7. The summed E-state index contributed by atoms with van der Waals surface area (Å²) in [7, 11) is 0. The van der Waals surface area contributed by atoms with Crippen LogP contribution in [-0.4, -0.2) is 35.3 Å². The Morgan fingerprint density at radius 2 is 1.86 bits per heavy atom. The third kappa shape index (κ3) is 3.81. The van der Waals surface area contributed by atoms with Crippen LogP contribution in [0.2, 0.25) is 0 Å². The maximum Gasteiger partial charge on any atom is 0.305 e. The van der Waals surface area contributed by atoms with Gasteiger partial charge in [0.05, 0.1) is 12.1 Å². The second-order valence-corrected chi connectivity index (χ2v) is 4.71. The number of anilines is 1. The summed E-state index contributed by atoms with van der Waals surface area (Å²) in [5.41, 5.74) is 3.25. The number of carbonyl (C=O) groups excluding carboxylic acids is 3. The lowest BCUT2D eigenvalue weighted by Gasteiger charge is -2.27. The number of carboxylic acids is 1. The van der Waals surface area contributed by atoms with Crippen molar-refractivity contribution in [2.75, 3.05) is 11.6 Å². The van der Waals surface area contributed by atoms with Crippen LogP contribution in [0.3, 0.4) is 0 Å². The Labute approximate surface area is 126 Å². The Bertz CT molecular complexity index is 611. The fourth-order valence-corrected chi connectivity index (χ4v) is 1.93. The van der Waals surface area contributed by atoms with Gasteiger partial charge in [0.1, 0.15) is 0 Å². The molecule has 1 aliphatic rings. The smallest absolute Gasteiger partial charge is 0.305 e. The summed E-state index contributed by atoms with van der Waals surface area (Å²) < 4.78 is 0. The number of amides is 3. The SMILES string of the molecule is O=C(O)CCNC(=O)c1ccc(N2NC(=O)CCC2=O)cc1. The molecule has 8 nitrogen and oxygen atoms in total. The van der Waals surface area contributed by atoms with Crippen LogP contribution in [0.15, 0.2) is 24.3 Å². The fraction of sp³-hybridized carbons (Fsp3) is 0.286. The van der Waals surface area contributed by atoms with Gasteiger partial charge in [-0.15, -0.1) is 0 Å². The molecular formula is C14H15N3O5. The molecule has 116 valence electrons. The molecule has 2 rings (SSSR count). The Hall–Kier alpha value is -2.90. The van der Waals surface area contributed by atoms with E-state index in [1.165, 1.54) is 24.3 Å². The average molecular weight is 305 g/mol. The van der Waals surface area contributed by atoms with E-state index in [9.17, 15) is 19.2 Å². The number of aliphatic carboxylic acids is 1. The number of hydrogen-bond donors (Lipinski definition) is 3. The molecule has 0 unspecified atom stereocenters. The van der Waals surface area contributed by atoms with E-state index in [0.29, 0.717) is 11.3 Å². The highest BCUT2D eigenvalue weighted by Gasteiger charge is 2.24. The Kier molecular flexibility index (Phi) is 4.72. The van der Waals surface area contributed by atoms with Crippen molar-refractivity contribution in [2.45, 2.75) is 19.3 Å². The summed E-state index contributed by atoms with van der Waals surface area (Å²) in [6.07, 6.45) is 0.154. The number of rotatable bonds is 5. The molecule has 1 aliphatic heterocycles. The van der Waals surface area contributed by atoms with Crippen molar-refractivity contribution in [2.24, 2.45) is 0 Å². The molecule has 0 aliphatic carbocycles. The monoisotopic (exact) mass is 305 g/mol. The quantitative estimate of drug-likeness (QED) is 0.711. The molecule has 1 aromatic rings. The molecule has 1 saturated heterocycles. The van der Waals surface area contributed by atoms with Crippen LogP contribution in [0.5, 0.6) is 0 Å².